The van der Waals surface area contributed by atoms with E-state index in [0.717, 1.165) is 31.6 Å². The summed E-state index contributed by atoms with van der Waals surface area (Å²) in [5, 5.41) is 18.1. The topological polar surface area (TPSA) is 119 Å². The fourth-order valence-corrected chi connectivity index (χ4v) is 4.26. The maximum atomic E-state index is 12.7. The molecule has 1 aromatic rings. The zero-order valence-corrected chi connectivity index (χ0v) is 21.8. The Hall–Kier alpha value is -2.97. The van der Waals surface area contributed by atoms with Crippen LogP contribution in [0.25, 0.3) is 0 Å². The number of benzene rings is 1. The molecule has 1 aliphatic rings. The van der Waals surface area contributed by atoms with Crippen LogP contribution in [-0.2, 0) is 23.8 Å². The number of aliphatic hydroxyl groups is 2. The summed E-state index contributed by atoms with van der Waals surface area (Å²) < 4.78 is 16.1. The Labute approximate surface area is 219 Å². The van der Waals surface area contributed by atoms with Gasteiger partial charge in [0, 0.05) is 0 Å². The second kappa shape index (κ2) is 16.0. The zero-order valence-electron chi connectivity index (χ0n) is 21.8. The molecule has 204 valence electrons. The van der Waals surface area contributed by atoms with Crippen molar-refractivity contribution in [3.8, 4) is 0 Å². The molecule has 0 bridgehead atoms. The van der Waals surface area contributed by atoms with Gasteiger partial charge in [-0.15, -0.1) is 0 Å². The molecule has 8 nitrogen and oxygen atoms in total. The van der Waals surface area contributed by atoms with Gasteiger partial charge in [-0.25, -0.2) is 14.4 Å². The smallest absolute Gasteiger partial charge is 0.338 e. The first-order valence-corrected chi connectivity index (χ1v) is 13.0. The summed E-state index contributed by atoms with van der Waals surface area (Å²) in [6.07, 6.45) is 8.90. The van der Waals surface area contributed by atoms with Crippen LogP contribution in [0.15, 0.2) is 48.6 Å². The summed E-state index contributed by atoms with van der Waals surface area (Å²) in [4.78, 5) is 36.6. The largest absolute Gasteiger partial charge is 0.461 e. The van der Waals surface area contributed by atoms with E-state index in [1.807, 2.05) is 0 Å². The van der Waals surface area contributed by atoms with Gasteiger partial charge in [-0.1, -0.05) is 57.9 Å². The van der Waals surface area contributed by atoms with E-state index in [9.17, 15) is 14.4 Å². The third kappa shape index (κ3) is 10.1. The van der Waals surface area contributed by atoms with Gasteiger partial charge < -0.3 is 24.4 Å². The molecule has 2 N–H and O–H groups in total. The number of ether oxygens (including phenoxy) is 3. The lowest BCUT2D eigenvalue weighted by molar-refractivity contribution is -0.142. The van der Waals surface area contributed by atoms with E-state index in [1.54, 1.807) is 24.3 Å². The molecule has 8 heteroatoms. The lowest BCUT2D eigenvalue weighted by atomic mass is 9.84. The first-order valence-electron chi connectivity index (χ1n) is 13.0. The van der Waals surface area contributed by atoms with Gasteiger partial charge in [-0.3, -0.25) is 0 Å². The maximum absolute atomic E-state index is 12.7. The first-order chi connectivity index (χ1) is 17.8. The highest BCUT2D eigenvalue weighted by molar-refractivity contribution is 5.90. The minimum atomic E-state index is -0.765. The van der Waals surface area contributed by atoms with Crippen molar-refractivity contribution in [2.45, 2.75) is 70.3 Å². The van der Waals surface area contributed by atoms with Gasteiger partial charge in [-0.2, -0.15) is 0 Å². The first kappa shape index (κ1) is 30.3. The number of rotatable bonds is 15. The van der Waals surface area contributed by atoms with Gasteiger partial charge in [0.25, 0.3) is 0 Å². The number of unbranched alkanes of at least 4 members (excludes halogenated alkanes) is 2. The molecular weight excluding hydrogens is 476 g/mol. The van der Waals surface area contributed by atoms with Crippen molar-refractivity contribution < 1.29 is 38.8 Å². The Morgan fingerprint density at radius 1 is 0.892 bits per heavy atom. The van der Waals surface area contributed by atoms with Crippen LogP contribution in [0.1, 0.15) is 80.1 Å². The minimum Gasteiger partial charge on any atom is -0.461 e. The molecule has 0 heterocycles. The standard InChI is InChI=1S/C29H40O8/c1-4-5-6-7-22-8-14-26(15-9-22)37-29(34)24-12-10-23(11-13-24)25(18-35-27(32)20(2)16-30)19-36-28(33)21(3)17-31/h10-13,22,25-26,30-31H,2-9,14-19H2,1H3. The SMILES string of the molecule is C=C(CO)C(=O)OCC(COC(=O)C(=C)CO)c1ccc(C(=O)OC2CCC(CCCCC)CC2)cc1. The zero-order chi connectivity index (χ0) is 27.2. The Balaban J connectivity index is 1.96. The normalized spacial score (nSPS) is 17.2. The highest BCUT2D eigenvalue weighted by Crippen LogP contribution is 2.30. The number of carbonyl (C=O) groups is 3. The van der Waals surface area contributed by atoms with Gasteiger partial charge in [0.1, 0.15) is 19.3 Å². The molecule has 0 aromatic heterocycles. The van der Waals surface area contributed by atoms with Gasteiger partial charge in [0.2, 0.25) is 0 Å². The summed E-state index contributed by atoms with van der Waals surface area (Å²) in [6.45, 7) is 7.70. The predicted molar refractivity (Wildman–Crippen MR) is 139 cm³/mol. The molecule has 0 atom stereocenters. The minimum absolute atomic E-state index is 0.0691. The van der Waals surface area contributed by atoms with E-state index in [0.29, 0.717) is 11.1 Å². The number of esters is 3. The van der Waals surface area contributed by atoms with E-state index < -0.39 is 31.1 Å². The van der Waals surface area contributed by atoms with Crippen molar-refractivity contribution in [3.05, 3.63) is 59.7 Å². The Morgan fingerprint density at radius 2 is 1.43 bits per heavy atom. The van der Waals surface area contributed by atoms with Crippen LogP contribution in [-0.4, -0.2) is 60.7 Å². The molecule has 0 amide bonds. The Bertz CT molecular complexity index is 880. The molecule has 1 saturated carbocycles. The van der Waals surface area contributed by atoms with Gasteiger partial charge in [0.15, 0.2) is 0 Å². The average Bonchev–Trinajstić information content (AvgIpc) is 2.92. The highest BCUT2D eigenvalue weighted by Gasteiger charge is 2.25. The van der Waals surface area contributed by atoms with Crippen LogP contribution in [0.4, 0.5) is 0 Å². The maximum Gasteiger partial charge on any atom is 0.338 e. The van der Waals surface area contributed by atoms with E-state index >= 15 is 0 Å². The molecule has 1 fully saturated rings. The Morgan fingerprint density at radius 3 is 1.92 bits per heavy atom. The second-order valence-corrected chi connectivity index (χ2v) is 9.58. The molecule has 0 unspecified atom stereocenters. The number of hydrogen-bond acceptors (Lipinski definition) is 8. The van der Waals surface area contributed by atoms with Crippen molar-refractivity contribution in [2.24, 2.45) is 5.92 Å². The average molecular weight is 517 g/mol. The van der Waals surface area contributed by atoms with Crippen LogP contribution in [0.3, 0.4) is 0 Å². The lowest BCUT2D eigenvalue weighted by Gasteiger charge is -2.28. The summed E-state index contributed by atoms with van der Waals surface area (Å²) in [5.41, 5.74) is 0.868. The molecular formula is C29H40O8. The molecule has 1 aliphatic carbocycles. The van der Waals surface area contributed by atoms with Crippen molar-refractivity contribution in [2.75, 3.05) is 26.4 Å². The fourth-order valence-electron chi connectivity index (χ4n) is 4.26. The second-order valence-electron chi connectivity index (χ2n) is 9.58. The summed E-state index contributed by atoms with van der Waals surface area (Å²) in [5.74, 6) is -1.74. The van der Waals surface area contributed by atoms with Gasteiger partial charge >= 0.3 is 17.9 Å². The number of hydrogen-bond donors (Lipinski definition) is 2. The van der Waals surface area contributed by atoms with E-state index in [1.165, 1.54) is 25.7 Å². The lowest BCUT2D eigenvalue weighted by Crippen LogP contribution is -2.24. The van der Waals surface area contributed by atoms with Crippen molar-refractivity contribution in [1.29, 1.82) is 0 Å². The molecule has 2 rings (SSSR count). The van der Waals surface area contributed by atoms with E-state index in [4.69, 9.17) is 24.4 Å². The third-order valence-corrected chi connectivity index (χ3v) is 6.69. The number of carbonyl (C=O) groups excluding carboxylic acids is 3. The fraction of sp³-hybridized carbons (Fsp3) is 0.552. The van der Waals surface area contributed by atoms with Gasteiger partial charge in [-0.05, 0) is 49.3 Å². The van der Waals surface area contributed by atoms with Crippen molar-refractivity contribution in [3.63, 3.8) is 0 Å². The third-order valence-electron chi connectivity index (χ3n) is 6.69. The van der Waals surface area contributed by atoms with Crippen LogP contribution in [0.5, 0.6) is 0 Å². The molecule has 37 heavy (non-hydrogen) atoms. The number of aliphatic hydroxyl groups excluding tert-OH is 2. The van der Waals surface area contributed by atoms with Crippen LogP contribution < -0.4 is 0 Å². The van der Waals surface area contributed by atoms with Crippen molar-refractivity contribution >= 4 is 17.9 Å². The van der Waals surface area contributed by atoms with Gasteiger partial charge in [0.05, 0.1) is 35.8 Å². The quantitative estimate of drug-likeness (QED) is 0.154. The van der Waals surface area contributed by atoms with E-state index in [-0.39, 0.29) is 36.4 Å². The van der Waals surface area contributed by atoms with Crippen LogP contribution in [0, 0.1) is 5.92 Å². The summed E-state index contributed by atoms with van der Waals surface area (Å²) >= 11 is 0. The summed E-state index contributed by atoms with van der Waals surface area (Å²) in [7, 11) is 0. The van der Waals surface area contributed by atoms with E-state index in [2.05, 4.69) is 20.1 Å². The molecule has 1 aromatic carbocycles. The monoisotopic (exact) mass is 516 g/mol. The van der Waals surface area contributed by atoms with Crippen LogP contribution in [0.2, 0.25) is 0 Å². The van der Waals surface area contributed by atoms with Crippen LogP contribution >= 0.6 is 0 Å². The molecule has 0 aliphatic heterocycles. The summed E-state index contributed by atoms with van der Waals surface area (Å²) in [6, 6.07) is 6.64. The highest BCUT2D eigenvalue weighted by atomic mass is 16.6. The Kier molecular flexibility index (Phi) is 13.1. The van der Waals surface area contributed by atoms with Crippen molar-refractivity contribution in [1.82, 2.24) is 0 Å². The molecule has 0 radical (unpaired) electrons. The predicted octanol–water partition coefficient (Wildman–Crippen LogP) is 4.25. The molecule has 0 spiro atoms. The molecule has 0 saturated heterocycles.